The van der Waals surface area contributed by atoms with Crippen molar-refractivity contribution in [2.45, 2.75) is 44.7 Å². The lowest BCUT2D eigenvalue weighted by atomic mass is 9.90. The number of aryl methyl sites for hydroxylation is 1. The van der Waals surface area contributed by atoms with E-state index in [1.54, 1.807) is 10.6 Å². The largest absolute Gasteiger partial charge is 0.331 e. The van der Waals surface area contributed by atoms with Crippen LogP contribution in [0.15, 0.2) is 41.6 Å². The van der Waals surface area contributed by atoms with Gasteiger partial charge < -0.3 is 10.7 Å². The van der Waals surface area contributed by atoms with Gasteiger partial charge in [-0.3, -0.25) is 14.3 Å². The topological polar surface area (TPSA) is 92.3 Å². The zero-order valence-electron chi connectivity index (χ0n) is 15.5. The molecule has 3 aromatic heterocycles. The number of pyridine rings is 1. The Morgan fingerprint density at radius 3 is 3.11 bits per heavy atom. The Morgan fingerprint density at radius 1 is 1.33 bits per heavy atom. The van der Waals surface area contributed by atoms with E-state index in [0.717, 1.165) is 37.9 Å². The number of hydrogen-bond donors (Lipinski definition) is 2. The lowest BCUT2D eigenvalue weighted by molar-refractivity contribution is 0.161. The van der Waals surface area contributed by atoms with Gasteiger partial charge in [0, 0.05) is 25.1 Å². The quantitative estimate of drug-likeness (QED) is 0.624. The molecule has 1 aliphatic carbocycles. The number of hydrogen-bond acceptors (Lipinski definition) is 5. The summed E-state index contributed by atoms with van der Waals surface area (Å²) in [7, 11) is 0. The molecule has 7 heteroatoms. The minimum atomic E-state index is -0.161. The van der Waals surface area contributed by atoms with Gasteiger partial charge in [-0.2, -0.15) is 0 Å². The van der Waals surface area contributed by atoms with Crippen LogP contribution in [0.5, 0.6) is 0 Å². The molecule has 0 aromatic carbocycles. The molecule has 1 atom stereocenters. The van der Waals surface area contributed by atoms with Crippen molar-refractivity contribution in [3.8, 4) is 0 Å². The monoisotopic (exact) mass is 366 g/mol. The minimum Gasteiger partial charge on any atom is -0.330 e. The van der Waals surface area contributed by atoms with Crippen molar-refractivity contribution in [3.63, 3.8) is 0 Å². The molecule has 1 unspecified atom stereocenters. The van der Waals surface area contributed by atoms with Crippen molar-refractivity contribution < 1.29 is 0 Å². The number of aromatic nitrogens is 4. The SMILES string of the molecule is NCCCCN(Cc1cn2c(=O)[nH]ccc2n1)C1CCCc2cccnc21. The summed E-state index contributed by atoms with van der Waals surface area (Å²) in [5.41, 5.74) is 9.67. The molecule has 3 heterocycles. The van der Waals surface area contributed by atoms with E-state index in [4.69, 9.17) is 10.7 Å². The van der Waals surface area contributed by atoms with Crippen LogP contribution in [0.3, 0.4) is 0 Å². The average Bonchev–Trinajstić information content (AvgIpc) is 3.11. The van der Waals surface area contributed by atoms with E-state index >= 15 is 0 Å². The second-order valence-corrected chi connectivity index (χ2v) is 7.17. The molecular weight excluding hydrogens is 340 g/mol. The Hall–Kier alpha value is -2.51. The first-order chi connectivity index (χ1) is 13.3. The van der Waals surface area contributed by atoms with E-state index in [1.807, 2.05) is 24.5 Å². The molecule has 4 rings (SSSR count). The normalized spacial score (nSPS) is 16.7. The molecule has 3 aromatic rings. The summed E-state index contributed by atoms with van der Waals surface area (Å²) in [6.45, 7) is 2.35. The zero-order valence-corrected chi connectivity index (χ0v) is 15.5. The van der Waals surface area contributed by atoms with Gasteiger partial charge in [-0.05, 0) is 62.9 Å². The fourth-order valence-corrected chi connectivity index (χ4v) is 4.01. The Kier molecular flexibility index (Phi) is 5.31. The van der Waals surface area contributed by atoms with E-state index < -0.39 is 0 Å². The Labute approximate surface area is 158 Å². The standard InChI is InChI=1S/C20H26N6O/c21-9-1-2-12-25(17-7-3-5-15-6-4-10-22-19(15)17)13-16-14-26-18(24-16)8-11-23-20(26)27/h4,6,8,10-11,14,17H,1-3,5,7,9,12-13,21H2,(H,23,27). The van der Waals surface area contributed by atoms with E-state index in [1.165, 1.54) is 17.7 Å². The molecule has 27 heavy (non-hydrogen) atoms. The molecule has 1 aliphatic rings. The molecule has 0 bridgehead atoms. The van der Waals surface area contributed by atoms with Gasteiger partial charge in [-0.15, -0.1) is 0 Å². The molecule has 0 radical (unpaired) electrons. The van der Waals surface area contributed by atoms with E-state index in [0.29, 0.717) is 18.7 Å². The van der Waals surface area contributed by atoms with Gasteiger partial charge in [0.25, 0.3) is 0 Å². The number of rotatable bonds is 7. The van der Waals surface area contributed by atoms with Gasteiger partial charge in [-0.1, -0.05) is 6.07 Å². The average molecular weight is 366 g/mol. The molecule has 0 aliphatic heterocycles. The molecule has 142 valence electrons. The fraction of sp³-hybridized carbons (Fsp3) is 0.450. The first-order valence-electron chi connectivity index (χ1n) is 9.70. The van der Waals surface area contributed by atoms with Crippen LogP contribution in [-0.4, -0.2) is 37.3 Å². The predicted octanol–water partition coefficient (Wildman–Crippen LogP) is 2.04. The van der Waals surface area contributed by atoms with Crippen molar-refractivity contribution in [2.75, 3.05) is 13.1 Å². The lowest BCUT2D eigenvalue weighted by Gasteiger charge is -2.34. The number of imidazole rings is 1. The van der Waals surface area contributed by atoms with Crippen LogP contribution in [0.25, 0.3) is 5.65 Å². The number of H-pyrrole nitrogens is 1. The highest BCUT2D eigenvalue weighted by molar-refractivity contribution is 5.38. The molecule has 0 amide bonds. The highest BCUT2D eigenvalue weighted by Gasteiger charge is 2.27. The summed E-state index contributed by atoms with van der Waals surface area (Å²) < 4.78 is 1.57. The summed E-state index contributed by atoms with van der Waals surface area (Å²) in [6, 6.07) is 6.32. The number of nitrogens with two attached hydrogens (primary N) is 1. The third-order valence-corrected chi connectivity index (χ3v) is 5.31. The predicted molar refractivity (Wildman–Crippen MR) is 104 cm³/mol. The molecular formula is C20H26N6O. The molecule has 0 fully saturated rings. The Bertz CT molecular complexity index is 962. The van der Waals surface area contributed by atoms with E-state index in [9.17, 15) is 4.79 Å². The highest BCUT2D eigenvalue weighted by atomic mass is 16.1. The molecule has 3 N–H and O–H groups in total. The van der Waals surface area contributed by atoms with Crippen molar-refractivity contribution in [3.05, 3.63) is 64.2 Å². The van der Waals surface area contributed by atoms with Crippen molar-refractivity contribution in [1.29, 1.82) is 0 Å². The smallest absolute Gasteiger partial charge is 0.330 e. The number of fused-ring (bicyclic) bond motifs is 2. The molecule has 0 spiro atoms. The van der Waals surface area contributed by atoms with Crippen LogP contribution in [-0.2, 0) is 13.0 Å². The van der Waals surface area contributed by atoms with E-state index in [2.05, 4.69) is 20.9 Å². The zero-order chi connectivity index (χ0) is 18.6. The van der Waals surface area contributed by atoms with Gasteiger partial charge in [0.2, 0.25) is 0 Å². The highest BCUT2D eigenvalue weighted by Crippen LogP contribution is 2.33. The lowest BCUT2D eigenvalue weighted by Crippen LogP contribution is -2.33. The Balaban J connectivity index is 1.63. The third-order valence-electron chi connectivity index (χ3n) is 5.31. The summed E-state index contributed by atoms with van der Waals surface area (Å²) >= 11 is 0. The molecule has 0 saturated heterocycles. The Morgan fingerprint density at radius 2 is 2.26 bits per heavy atom. The van der Waals surface area contributed by atoms with E-state index in [-0.39, 0.29) is 11.7 Å². The first kappa shape index (κ1) is 17.9. The van der Waals surface area contributed by atoms with Gasteiger partial charge in [-0.25, -0.2) is 9.78 Å². The van der Waals surface area contributed by atoms with Crippen molar-refractivity contribution >= 4 is 5.65 Å². The van der Waals surface area contributed by atoms with Gasteiger partial charge in [0.15, 0.2) is 0 Å². The third kappa shape index (κ3) is 3.79. The van der Waals surface area contributed by atoms with Crippen LogP contribution in [0, 0.1) is 0 Å². The van der Waals surface area contributed by atoms with Gasteiger partial charge in [0.1, 0.15) is 5.65 Å². The van der Waals surface area contributed by atoms with Gasteiger partial charge in [0.05, 0.1) is 17.4 Å². The summed E-state index contributed by atoms with van der Waals surface area (Å²) in [5, 5.41) is 0. The maximum atomic E-state index is 12.0. The maximum absolute atomic E-state index is 12.0. The molecule has 7 nitrogen and oxygen atoms in total. The second kappa shape index (κ2) is 8.02. The minimum absolute atomic E-state index is 0.161. The van der Waals surface area contributed by atoms with Crippen LogP contribution in [0.4, 0.5) is 0 Å². The van der Waals surface area contributed by atoms with Crippen LogP contribution < -0.4 is 11.4 Å². The number of nitrogens with one attached hydrogen (secondary N) is 1. The van der Waals surface area contributed by atoms with Crippen LogP contribution >= 0.6 is 0 Å². The van der Waals surface area contributed by atoms with Crippen molar-refractivity contribution in [1.82, 2.24) is 24.3 Å². The molecule has 0 saturated carbocycles. The number of unbranched alkanes of at least 4 members (excludes halogenated alkanes) is 1. The summed E-state index contributed by atoms with van der Waals surface area (Å²) in [5.74, 6) is 0. The maximum Gasteiger partial charge on any atom is 0.331 e. The van der Waals surface area contributed by atoms with Crippen LogP contribution in [0.2, 0.25) is 0 Å². The summed E-state index contributed by atoms with van der Waals surface area (Å²) in [6.07, 6.45) is 10.8. The number of aromatic amines is 1. The van der Waals surface area contributed by atoms with Gasteiger partial charge >= 0.3 is 5.69 Å². The fourth-order valence-electron chi connectivity index (χ4n) is 4.01. The number of nitrogens with zero attached hydrogens (tertiary/aromatic N) is 4. The first-order valence-corrected chi connectivity index (χ1v) is 9.70. The van der Waals surface area contributed by atoms with Crippen LogP contribution in [0.1, 0.15) is 48.7 Å². The summed E-state index contributed by atoms with van der Waals surface area (Å²) in [4.78, 5) is 26.5. The van der Waals surface area contributed by atoms with Crippen molar-refractivity contribution in [2.24, 2.45) is 5.73 Å². The second-order valence-electron chi connectivity index (χ2n) is 7.17.